The van der Waals surface area contributed by atoms with E-state index in [1.165, 1.54) is 0 Å². The minimum Gasteiger partial charge on any atom is -0.394 e. The number of aromatic nitrogens is 1. The Morgan fingerprint density at radius 2 is 1.83 bits per heavy atom. The van der Waals surface area contributed by atoms with Crippen molar-refractivity contribution >= 4 is 11.8 Å². The van der Waals surface area contributed by atoms with E-state index in [0.717, 1.165) is 12.1 Å². The Hall–Kier alpha value is -2.71. The standard InChI is InChI=1S/C21H30N4O4/c1-21(2,3)18-10-17(24-29-18)20(28)22-11-16(13-26)23-19(27)15-8-6-14(7-9-15)12-25(4)5/h6-10,16,26H,11-13H2,1-5H3,(H,22,28)(H,23,27). The molecule has 1 heterocycles. The molecule has 0 aliphatic heterocycles. The number of amides is 2. The largest absolute Gasteiger partial charge is 0.394 e. The second-order valence-corrected chi connectivity index (χ2v) is 8.32. The molecule has 0 saturated heterocycles. The Kier molecular flexibility index (Phi) is 7.53. The van der Waals surface area contributed by atoms with Crippen LogP contribution in [-0.2, 0) is 12.0 Å². The van der Waals surface area contributed by atoms with Gasteiger partial charge in [-0.2, -0.15) is 0 Å². The number of hydrogen-bond donors (Lipinski definition) is 3. The number of aliphatic hydroxyl groups excluding tert-OH is 1. The van der Waals surface area contributed by atoms with Crippen LogP contribution in [0, 0.1) is 0 Å². The summed E-state index contributed by atoms with van der Waals surface area (Å²) in [6, 6.07) is 8.23. The first-order valence-electron chi connectivity index (χ1n) is 9.51. The Morgan fingerprint density at radius 1 is 1.17 bits per heavy atom. The van der Waals surface area contributed by atoms with E-state index in [4.69, 9.17) is 4.52 Å². The molecule has 0 radical (unpaired) electrons. The molecule has 1 aromatic heterocycles. The van der Waals surface area contributed by atoms with Gasteiger partial charge in [-0.25, -0.2) is 0 Å². The molecule has 3 N–H and O–H groups in total. The molecule has 8 heteroatoms. The first-order chi connectivity index (χ1) is 13.6. The summed E-state index contributed by atoms with van der Waals surface area (Å²) in [6.07, 6.45) is 0. The van der Waals surface area contributed by atoms with E-state index in [2.05, 4.69) is 15.8 Å². The number of nitrogens with one attached hydrogen (secondary N) is 2. The maximum atomic E-state index is 12.4. The van der Waals surface area contributed by atoms with Crippen LogP contribution in [0.15, 0.2) is 34.9 Å². The average Bonchev–Trinajstić information content (AvgIpc) is 3.15. The molecule has 1 atom stereocenters. The summed E-state index contributed by atoms with van der Waals surface area (Å²) in [5, 5.41) is 18.7. The third-order valence-electron chi connectivity index (χ3n) is 4.26. The molecular weight excluding hydrogens is 372 g/mol. The molecule has 0 spiro atoms. The summed E-state index contributed by atoms with van der Waals surface area (Å²) in [5.74, 6) is -0.136. The molecule has 0 fully saturated rings. The van der Waals surface area contributed by atoms with Crippen molar-refractivity contribution in [1.29, 1.82) is 0 Å². The van der Waals surface area contributed by atoms with Crippen molar-refractivity contribution in [2.24, 2.45) is 0 Å². The van der Waals surface area contributed by atoms with Gasteiger partial charge in [-0.05, 0) is 31.8 Å². The Labute approximate surface area is 171 Å². The highest BCUT2D eigenvalue weighted by atomic mass is 16.5. The highest BCUT2D eigenvalue weighted by Gasteiger charge is 2.22. The highest BCUT2D eigenvalue weighted by Crippen LogP contribution is 2.22. The van der Waals surface area contributed by atoms with E-state index in [1.807, 2.05) is 51.9 Å². The highest BCUT2D eigenvalue weighted by molar-refractivity contribution is 5.94. The van der Waals surface area contributed by atoms with Crippen molar-refractivity contribution in [3.8, 4) is 0 Å². The summed E-state index contributed by atoms with van der Waals surface area (Å²) in [7, 11) is 3.95. The lowest BCUT2D eigenvalue weighted by atomic mass is 9.93. The molecule has 2 amide bonds. The van der Waals surface area contributed by atoms with Crippen molar-refractivity contribution in [3.05, 3.63) is 52.9 Å². The number of carbonyl (C=O) groups is 2. The van der Waals surface area contributed by atoms with Crippen LogP contribution < -0.4 is 10.6 Å². The molecule has 8 nitrogen and oxygen atoms in total. The van der Waals surface area contributed by atoms with Gasteiger partial charge in [0, 0.05) is 30.1 Å². The van der Waals surface area contributed by atoms with Crippen LogP contribution in [0.4, 0.5) is 0 Å². The molecule has 0 aliphatic carbocycles. The van der Waals surface area contributed by atoms with Gasteiger partial charge in [0.25, 0.3) is 11.8 Å². The molecule has 29 heavy (non-hydrogen) atoms. The monoisotopic (exact) mass is 402 g/mol. The van der Waals surface area contributed by atoms with E-state index in [1.54, 1.807) is 18.2 Å². The number of benzene rings is 1. The second kappa shape index (κ2) is 9.67. The van der Waals surface area contributed by atoms with Crippen LogP contribution in [0.3, 0.4) is 0 Å². The van der Waals surface area contributed by atoms with Gasteiger partial charge in [-0.15, -0.1) is 0 Å². The molecule has 2 aromatic rings. The van der Waals surface area contributed by atoms with Gasteiger partial charge in [0.05, 0.1) is 12.6 Å². The van der Waals surface area contributed by atoms with Crippen LogP contribution in [0.25, 0.3) is 0 Å². The van der Waals surface area contributed by atoms with Gasteiger partial charge in [0.2, 0.25) is 0 Å². The van der Waals surface area contributed by atoms with Crippen LogP contribution in [0.5, 0.6) is 0 Å². The SMILES string of the molecule is CN(C)Cc1ccc(C(=O)NC(CO)CNC(=O)c2cc(C(C)(C)C)on2)cc1. The fourth-order valence-corrected chi connectivity index (χ4v) is 2.60. The van der Waals surface area contributed by atoms with E-state index >= 15 is 0 Å². The lowest BCUT2D eigenvalue weighted by Gasteiger charge is -2.17. The maximum Gasteiger partial charge on any atom is 0.273 e. The summed E-state index contributed by atoms with van der Waals surface area (Å²) in [6.45, 7) is 6.42. The zero-order valence-corrected chi connectivity index (χ0v) is 17.7. The van der Waals surface area contributed by atoms with Crippen LogP contribution in [0.1, 0.15) is 52.9 Å². The zero-order valence-electron chi connectivity index (χ0n) is 17.7. The van der Waals surface area contributed by atoms with Gasteiger partial charge in [-0.3, -0.25) is 9.59 Å². The Balaban J connectivity index is 1.90. The minimum atomic E-state index is -0.623. The maximum absolute atomic E-state index is 12.4. The third-order valence-corrected chi connectivity index (χ3v) is 4.26. The van der Waals surface area contributed by atoms with Gasteiger partial charge in [0.15, 0.2) is 5.69 Å². The van der Waals surface area contributed by atoms with E-state index < -0.39 is 11.9 Å². The average molecular weight is 402 g/mol. The summed E-state index contributed by atoms with van der Waals surface area (Å²) in [5.41, 5.74) is 1.49. The molecular formula is C21H30N4O4. The predicted molar refractivity (Wildman–Crippen MR) is 110 cm³/mol. The quantitative estimate of drug-likeness (QED) is 0.618. The van der Waals surface area contributed by atoms with Crippen molar-refractivity contribution in [2.45, 2.75) is 38.8 Å². The zero-order chi connectivity index (χ0) is 21.6. The summed E-state index contributed by atoms with van der Waals surface area (Å²) < 4.78 is 5.21. The number of rotatable bonds is 8. The number of nitrogens with zero attached hydrogens (tertiary/aromatic N) is 2. The lowest BCUT2D eigenvalue weighted by molar-refractivity contribution is 0.0884. The second-order valence-electron chi connectivity index (χ2n) is 8.32. The number of hydrogen-bond acceptors (Lipinski definition) is 6. The topological polar surface area (TPSA) is 108 Å². The third kappa shape index (κ3) is 6.69. The molecule has 158 valence electrons. The first kappa shape index (κ1) is 22.6. The van der Waals surface area contributed by atoms with E-state index in [9.17, 15) is 14.7 Å². The van der Waals surface area contributed by atoms with Crippen molar-refractivity contribution in [1.82, 2.24) is 20.7 Å². The van der Waals surface area contributed by atoms with Gasteiger partial charge < -0.3 is 25.2 Å². The van der Waals surface area contributed by atoms with Crippen molar-refractivity contribution in [3.63, 3.8) is 0 Å². The molecule has 2 rings (SSSR count). The summed E-state index contributed by atoms with van der Waals surface area (Å²) in [4.78, 5) is 26.7. The molecule has 1 unspecified atom stereocenters. The van der Waals surface area contributed by atoms with E-state index in [-0.39, 0.29) is 30.2 Å². The lowest BCUT2D eigenvalue weighted by Crippen LogP contribution is -2.45. The Bertz CT molecular complexity index is 822. The van der Waals surface area contributed by atoms with Gasteiger partial charge >= 0.3 is 0 Å². The van der Waals surface area contributed by atoms with Crippen LogP contribution in [-0.4, -0.2) is 60.3 Å². The van der Waals surface area contributed by atoms with Gasteiger partial charge in [0.1, 0.15) is 5.76 Å². The fraction of sp³-hybridized carbons (Fsp3) is 0.476. The number of aliphatic hydroxyl groups is 1. The van der Waals surface area contributed by atoms with Crippen LogP contribution in [0.2, 0.25) is 0 Å². The fourth-order valence-electron chi connectivity index (χ4n) is 2.60. The molecule has 0 aliphatic rings. The van der Waals surface area contributed by atoms with Crippen LogP contribution >= 0.6 is 0 Å². The Morgan fingerprint density at radius 3 is 2.34 bits per heavy atom. The van der Waals surface area contributed by atoms with Gasteiger partial charge in [-0.1, -0.05) is 38.1 Å². The normalized spacial score (nSPS) is 12.7. The summed E-state index contributed by atoms with van der Waals surface area (Å²) >= 11 is 0. The predicted octanol–water partition coefficient (Wildman–Crippen LogP) is 1.55. The molecule has 0 bridgehead atoms. The molecule has 1 aromatic carbocycles. The first-order valence-corrected chi connectivity index (χ1v) is 9.51. The van der Waals surface area contributed by atoms with E-state index in [0.29, 0.717) is 11.3 Å². The molecule has 0 saturated carbocycles. The van der Waals surface area contributed by atoms with Crippen molar-refractivity contribution in [2.75, 3.05) is 27.2 Å². The number of carbonyl (C=O) groups excluding carboxylic acids is 2. The van der Waals surface area contributed by atoms with Crippen molar-refractivity contribution < 1.29 is 19.2 Å². The smallest absolute Gasteiger partial charge is 0.273 e. The minimum absolute atomic E-state index is 0.0670.